The summed E-state index contributed by atoms with van der Waals surface area (Å²) in [5.41, 5.74) is 1.75. The molecule has 2 amide bonds. The van der Waals surface area contributed by atoms with Crippen LogP contribution in [0.4, 0.5) is 10.5 Å². The summed E-state index contributed by atoms with van der Waals surface area (Å²) >= 11 is 3.24. The third-order valence-electron chi connectivity index (χ3n) is 3.02. The van der Waals surface area contributed by atoms with E-state index in [2.05, 4.69) is 27.3 Å². The molecule has 1 aromatic rings. The molecule has 2 N–H and O–H groups in total. The minimum atomic E-state index is -1.03. The summed E-state index contributed by atoms with van der Waals surface area (Å²) in [7, 11) is 0. The van der Waals surface area contributed by atoms with E-state index in [0.29, 0.717) is 23.2 Å². The number of urea groups is 1. The van der Waals surface area contributed by atoms with Gasteiger partial charge in [-0.3, -0.25) is 0 Å². The second-order valence-electron chi connectivity index (χ2n) is 4.72. The molecule has 0 unspecified atom stereocenters. The van der Waals surface area contributed by atoms with E-state index in [4.69, 9.17) is 5.11 Å². The molecular weight excluding hydrogens is 324 g/mol. The monoisotopic (exact) mass is 338 g/mol. The van der Waals surface area contributed by atoms with Gasteiger partial charge in [0.15, 0.2) is 0 Å². The average molecular weight is 339 g/mol. The minimum absolute atomic E-state index is 0.129. The van der Waals surface area contributed by atoms with Crippen LogP contribution in [0.3, 0.4) is 0 Å². The van der Waals surface area contributed by atoms with E-state index in [9.17, 15) is 9.59 Å². The summed E-state index contributed by atoms with van der Waals surface area (Å²) in [5, 5.41) is 11.7. The summed E-state index contributed by atoms with van der Waals surface area (Å²) in [6.07, 6.45) is 2.96. The number of carboxylic acids is 1. The van der Waals surface area contributed by atoms with Crippen LogP contribution in [0.1, 0.15) is 23.7 Å². The highest BCUT2D eigenvalue weighted by Gasteiger charge is 2.17. The first-order valence-corrected chi connectivity index (χ1v) is 7.00. The molecule has 0 radical (unpaired) electrons. The molecule has 5 nitrogen and oxygen atoms in total. The number of hydrogen-bond donors (Lipinski definition) is 2. The second kappa shape index (κ2) is 6.09. The zero-order valence-corrected chi connectivity index (χ0v) is 12.6. The van der Waals surface area contributed by atoms with E-state index in [1.165, 1.54) is 12.1 Å². The predicted molar refractivity (Wildman–Crippen MR) is 80.1 cm³/mol. The molecule has 0 atom stereocenters. The fraction of sp³-hybridized carbons (Fsp3) is 0.286. The molecule has 0 aromatic heterocycles. The van der Waals surface area contributed by atoms with Gasteiger partial charge in [-0.2, -0.15) is 0 Å². The number of amides is 2. The molecule has 106 valence electrons. The van der Waals surface area contributed by atoms with Crippen LogP contribution < -0.4 is 5.32 Å². The van der Waals surface area contributed by atoms with Gasteiger partial charge >= 0.3 is 12.0 Å². The number of benzene rings is 1. The number of nitrogens with zero attached hydrogens (tertiary/aromatic N) is 1. The van der Waals surface area contributed by atoms with Crippen molar-refractivity contribution >= 4 is 33.6 Å². The third kappa shape index (κ3) is 3.60. The summed E-state index contributed by atoms with van der Waals surface area (Å²) in [6, 6.07) is 4.40. The predicted octanol–water partition coefficient (Wildman–Crippen LogP) is 3.33. The van der Waals surface area contributed by atoms with Crippen LogP contribution in [0.5, 0.6) is 0 Å². The first-order valence-electron chi connectivity index (χ1n) is 6.21. The number of carbonyl (C=O) groups excluding carboxylic acids is 1. The zero-order chi connectivity index (χ0) is 14.7. The molecule has 0 saturated heterocycles. The van der Waals surface area contributed by atoms with Crippen LogP contribution in [0.25, 0.3) is 0 Å². The molecule has 20 heavy (non-hydrogen) atoms. The lowest BCUT2D eigenvalue weighted by Crippen LogP contribution is -2.38. The lowest BCUT2D eigenvalue weighted by molar-refractivity contribution is 0.0697. The van der Waals surface area contributed by atoms with Crippen LogP contribution in [0.2, 0.25) is 0 Å². The van der Waals surface area contributed by atoms with Crippen LogP contribution in [0.15, 0.2) is 34.3 Å². The Morgan fingerprint density at radius 1 is 1.35 bits per heavy atom. The van der Waals surface area contributed by atoms with Gasteiger partial charge < -0.3 is 15.3 Å². The van der Waals surface area contributed by atoms with Crippen LogP contribution in [-0.2, 0) is 0 Å². The van der Waals surface area contributed by atoms with Crippen molar-refractivity contribution in [1.29, 1.82) is 0 Å². The number of carboxylic acid groups (broad SMARTS) is 1. The van der Waals surface area contributed by atoms with Crippen LogP contribution in [0, 0.1) is 0 Å². The summed E-state index contributed by atoms with van der Waals surface area (Å²) in [4.78, 5) is 24.8. The molecule has 0 bridgehead atoms. The van der Waals surface area contributed by atoms with Crippen molar-refractivity contribution in [2.24, 2.45) is 0 Å². The highest BCUT2D eigenvalue weighted by atomic mass is 79.9. The molecular formula is C14H15BrN2O3. The first kappa shape index (κ1) is 14.6. The second-order valence-corrected chi connectivity index (χ2v) is 5.64. The quantitative estimate of drug-likeness (QED) is 0.812. The van der Waals surface area contributed by atoms with Crippen molar-refractivity contribution in [2.45, 2.75) is 13.3 Å². The number of anilines is 1. The maximum absolute atomic E-state index is 12.1. The molecule has 6 heteroatoms. The van der Waals surface area contributed by atoms with E-state index in [1.807, 2.05) is 6.92 Å². The Kier molecular flexibility index (Phi) is 4.44. The SMILES string of the molecule is CC1=CCCN(C(=O)Nc2cc(Br)cc(C(=O)O)c2)C1. The zero-order valence-electron chi connectivity index (χ0n) is 11.0. The van der Waals surface area contributed by atoms with Crippen molar-refractivity contribution in [2.75, 3.05) is 18.4 Å². The van der Waals surface area contributed by atoms with Gasteiger partial charge in [-0.05, 0) is 31.5 Å². The number of rotatable bonds is 2. The number of hydrogen-bond acceptors (Lipinski definition) is 2. The number of carbonyl (C=O) groups is 2. The molecule has 1 aliphatic rings. The van der Waals surface area contributed by atoms with E-state index < -0.39 is 5.97 Å². The van der Waals surface area contributed by atoms with Crippen LogP contribution in [-0.4, -0.2) is 35.1 Å². The number of halogens is 1. The van der Waals surface area contributed by atoms with E-state index in [1.54, 1.807) is 11.0 Å². The Bertz CT molecular complexity index is 584. The molecule has 0 saturated carbocycles. The standard InChI is InChI=1S/C14H15BrN2O3/c1-9-3-2-4-17(8-9)14(20)16-12-6-10(13(18)19)5-11(15)7-12/h3,5-7H,2,4,8H2,1H3,(H,16,20)(H,18,19). The Morgan fingerprint density at radius 3 is 2.75 bits per heavy atom. The molecule has 0 fully saturated rings. The van der Waals surface area contributed by atoms with Gasteiger partial charge in [0, 0.05) is 23.2 Å². The van der Waals surface area contributed by atoms with E-state index >= 15 is 0 Å². The fourth-order valence-electron chi connectivity index (χ4n) is 2.07. The van der Waals surface area contributed by atoms with Crippen molar-refractivity contribution in [3.63, 3.8) is 0 Å². The number of aromatic carboxylic acids is 1. The maximum Gasteiger partial charge on any atom is 0.335 e. The van der Waals surface area contributed by atoms with Gasteiger partial charge in [0.1, 0.15) is 0 Å². The van der Waals surface area contributed by atoms with Gasteiger partial charge in [-0.1, -0.05) is 27.6 Å². The number of nitrogens with one attached hydrogen (secondary N) is 1. The minimum Gasteiger partial charge on any atom is -0.478 e. The van der Waals surface area contributed by atoms with Crippen molar-refractivity contribution < 1.29 is 14.7 Å². The van der Waals surface area contributed by atoms with Gasteiger partial charge in [-0.25, -0.2) is 9.59 Å². The largest absolute Gasteiger partial charge is 0.478 e. The average Bonchev–Trinajstić information content (AvgIpc) is 2.37. The highest BCUT2D eigenvalue weighted by Crippen LogP contribution is 2.20. The summed E-state index contributed by atoms with van der Waals surface area (Å²) in [5.74, 6) is -1.03. The molecule has 1 aromatic carbocycles. The Hall–Kier alpha value is -1.82. The van der Waals surface area contributed by atoms with Crippen molar-refractivity contribution in [3.05, 3.63) is 39.9 Å². The molecule has 1 aliphatic heterocycles. The fourth-order valence-corrected chi connectivity index (χ4v) is 2.57. The lowest BCUT2D eigenvalue weighted by atomic mass is 10.1. The maximum atomic E-state index is 12.1. The summed E-state index contributed by atoms with van der Waals surface area (Å²) < 4.78 is 0.613. The van der Waals surface area contributed by atoms with Crippen molar-refractivity contribution in [3.8, 4) is 0 Å². The first-order chi connectivity index (χ1) is 9.45. The van der Waals surface area contributed by atoms with Gasteiger partial charge in [0.25, 0.3) is 0 Å². The molecule has 0 aliphatic carbocycles. The summed E-state index contributed by atoms with van der Waals surface area (Å²) in [6.45, 7) is 3.26. The molecule has 0 spiro atoms. The Labute approximate surface area is 125 Å². The lowest BCUT2D eigenvalue weighted by Gasteiger charge is -2.26. The van der Waals surface area contributed by atoms with Crippen molar-refractivity contribution in [1.82, 2.24) is 4.90 Å². The topological polar surface area (TPSA) is 69.6 Å². The normalized spacial score (nSPS) is 14.7. The van der Waals surface area contributed by atoms with Gasteiger partial charge in [0.05, 0.1) is 5.56 Å². The van der Waals surface area contributed by atoms with Gasteiger partial charge in [0.2, 0.25) is 0 Å². The third-order valence-corrected chi connectivity index (χ3v) is 3.47. The van der Waals surface area contributed by atoms with Gasteiger partial charge in [-0.15, -0.1) is 0 Å². The molecule has 2 rings (SSSR count). The van der Waals surface area contributed by atoms with Crippen LogP contribution >= 0.6 is 15.9 Å². The van der Waals surface area contributed by atoms with E-state index in [0.717, 1.165) is 12.0 Å². The highest BCUT2D eigenvalue weighted by molar-refractivity contribution is 9.10. The Balaban J connectivity index is 2.11. The smallest absolute Gasteiger partial charge is 0.335 e. The molecule has 1 heterocycles. The Morgan fingerprint density at radius 2 is 2.10 bits per heavy atom. The van der Waals surface area contributed by atoms with E-state index in [-0.39, 0.29) is 11.6 Å².